The van der Waals surface area contributed by atoms with Crippen LogP contribution in [0, 0.1) is 17.6 Å². The predicted octanol–water partition coefficient (Wildman–Crippen LogP) is 5.44. The number of carboxylic acid groups (broad SMARTS) is 1. The summed E-state index contributed by atoms with van der Waals surface area (Å²) in [5, 5.41) is 10.0. The fourth-order valence-corrected chi connectivity index (χ4v) is 6.73. The fourth-order valence-electron chi connectivity index (χ4n) is 6.73. The van der Waals surface area contributed by atoms with Crippen molar-refractivity contribution in [2.45, 2.75) is 50.2 Å². The van der Waals surface area contributed by atoms with Gasteiger partial charge in [0.15, 0.2) is 0 Å². The first-order chi connectivity index (χ1) is 15.8. The third kappa shape index (κ3) is 2.86. The number of carbonyl (C=O) groups is 1. The number of aromatic nitrogens is 1. The van der Waals surface area contributed by atoms with E-state index in [2.05, 4.69) is 28.5 Å². The highest BCUT2D eigenvalue weighted by molar-refractivity contribution is 5.87. The van der Waals surface area contributed by atoms with Crippen molar-refractivity contribution in [2.24, 2.45) is 13.0 Å². The van der Waals surface area contributed by atoms with E-state index in [9.17, 15) is 4.79 Å². The van der Waals surface area contributed by atoms with Gasteiger partial charge in [-0.05, 0) is 73.9 Å². The predicted molar refractivity (Wildman–Crippen MR) is 123 cm³/mol. The number of hydrogen-bond donors (Lipinski definition) is 1. The van der Waals surface area contributed by atoms with Gasteiger partial charge >= 0.3 is 5.97 Å². The third-order valence-electron chi connectivity index (χ3n) is 8.12. The lowest BCUT2D eigenvalue weighted by Gasteiger charge is -2.70. The third-order valence-corrected chi connectivity index (χ3v) is 8.12. The minimum absolute atomic E-state index is 0.0175. The number of hydrogen-bond acceptors (Lipinski definition) is 2. The van der Waals surface area contributed by atoms with Crippen LogP contribution in [-0.2, 0) is 18.3 Å². The number of carboxylic acids is 1. The zero-order chi connectivity index (χ0) is 23.1. The first kappa shape index (κ1) is 20.6. The topological polar surface area (TPSA) is 45.5 Å². The smallest absolute Gasteiger partial charge is 0.328 e. The zero-order valence-electron chi connectivity index (χ0n) is 18.7. The Bertz CT molecular complexity index is 1300. The van der Waals surface area contributed by atoms with Crippen LogP contribution in [0.15, 0.2) is 42.5 Å². The first-order valence-electron chi connectivity index (χ1n) is 11.5. The molecule has 7 rings (SSSR count). The summed E-state index contributed by atoms with van der Waals surface area (Å²) in [7, 11) is 1.99. The van der Waals surface area contributed by atoms with Crippen LogP contribution in [0.25, 0.3) is 17.0 Å². The molecule has 2 bridgehead atoms. The standard InChI is InChI=1S/C27H26F2N2O2/c1-15-9-19-18-5-3-4-6-22(18)30(2)25(19)26(31(15)27-12-17(13-27)14-27)24-20(28)10-16(11-21(24)29)7-8-23(32)33/h3-8,10-11,15,17,26H,9,12-14H2,1-2H3,(H,32,33)/b8-7+. The van der Waals surface area contributed by atoms with Crippen LogP contribution in [0.1, 0.15) is 54.6 Å². The highest BCUT2D eigenvalue weighted by atomic mass is 19.1. The molecule has 1 N–H and O–H groups in total. The van der Waals surface area contributed by atoms with Gasteiger partial charge in [-0.1, -0.05) is 18.2 Å². The molecule has 2 heterocycles. The second-order valence-electron chi connectivity index (χ2n) is 10.1. The van der Waals surface area contributed by atoms with E-state index in [-0.39, 0.29) is 22.7 Å². The number of aliphatic carboxylic acids is 1. The van der Waals surface area contributed by atoms with Crippen molar-refractivity contribution in [3.05, 3.63) is 76.5 Å². The normalized spacial score (nSPS) is 28.5. The summed E-state index contributed by atoms with van der Waals surface area (Å²) in [6, 6.07) is 10.3. The highest BCUT2D eigenvalue weighted by Gasteiger charge is 2.63. The van der Waals surface area contributed by atoms with Gasteiger partial charge in [0.1, 0.15) is 11.6 Å². The monoisotopic (exact) mass is 448 g/mol. The molecule has 0 radical (unpaired) electrons. The Morgan fingerprint density at radius 2 is 1.82 bits per heavy atom. The Balaban J connectivity index is 1.58. The largest absolute Gasteiger partial charge is 0.478 e. The Kier molecular flexibility index (Phi) is 4.37. The summed E-state index contributed by atoms with van der Waals surface area (Å²) in [6.07, 6.45) is 6.25. The molecular formula is C27H26F2N2O2. The summed E-state index contributed by atoms with van der Waals surface area (Å²) in [6.45, 7) is 2.18. The summed E-state index contributed by atoms with van der Waals surface area (Å²) in [5.41, 5.74) is 3.48. The molecule has 1 aromatic heterocycles. The zero-order valence-corrected chi connectivity index (χ0v) is 18.7. The quantitative estimate of drug-likeness (QED) is 0.541. The van der Waals surface area contributed by atoms with Crippen LogP contribution in [0.4, 0.5) is 8.78 Å². The Labute approximate surface area is 191 Å². The van der Waals surface area contributed by atoms with E-state index in [0.29, 0.717) is 0 Å². The Morgan fingerprint density at radius 3 is 2.42 bits per heavy atom. The van der Waals surface area contributed by atoms with Gasteiger partial charge in [-0.25, -0.2) is 13.6 Å². The van der Waals surface area contributed by atoms with Crippen LogP contribution in [0.3, 0.4) is 0 Å². The molecule has 4 nitrogen and oxygen atoms in total. The molecule has 2 aromatic carbocycles. The van der Waals surface area contributed by atoms with Crippen molar-refractivity contribution >= 4 is 22.9 Å². The molecule has 2 unspecified atom stereocenters. The molecule has 33 heavy (non-hydrogen) atoms. The van der Waals surface area contributed by atoms with Gasteiger partial charge in [-0.3, -0.25) is 4.90 Å². The number of halogens is 2. The van der Waals surface area contributed by atoms with Crippen molar-refractivity contribution in [2.75, 3.05) is 0 Å². The van der Waals surface area contributed by atoms with Crippen LogP contribution < -0.4 is 0 Å². The maximum Gasteiger partial charge on any atom is 0.328 e. The van der Waals surface area contributed by atoms with Crippen molar-refractivity contribution < 1.29 is 18.7 Å². The Morgan fingerprint density at radius 1 is 1.15 bits per heavy atom. The molecule has 3 fully saturated rings. The van der Waals surface area contributed by atoms with Crippen LogP contribution in [0.5, 0.6) is 0 Å². The van der Waals surface area contributed by atoms with Crippen LogP contribution >= 0.6 is 0 Å². The maximum absolute atomic E-state index is 15.7. The van der Waals surface area contributed by atoms with E-state index in [4.69, 9.17) is 5.11 Å². The van der Waals surface area contributed by atoms with Gasteiger partial charge in [0.2, 0.25) is 0 Å². The van der Waals surface area contributed by atoms with E-state index < -0.39 is 23.6 Å². The average molecular weight is 449 g/mol. The second-order valence-corrected chi connectivity index (χ2v) is 10.1. The molecule has 3 aromatic rings. The van der Waals surface area contributed by atoms with Crippen LogP contribution in [0.2, 0.25) is 0 Å². The number of nitrogens with zero attached hydrogens (tertiary/aromatic N) is 2. The van der Waals surface area contributed by atoms with Gasteiger partial charge in [0.25, 0.3) is 0 Å². The molecule has 0 spiro atoms. The minimum atomic E-state index is -1.16. The number of para-hydroxylation sites is 1. The highest BCUT2D eigenvalue weighted by Crippen LogP contribution is 2.64. The van der Waals surface area contributed by atoms with E-state index in [0.717, 1.165) is 54.3 Å². The second kappa shape index (κ2) is 7.00. The van der Waals surface area contributed by atoms with Crippen LogP contribution in [-0.4, -0.2) is 32.1 Å². The molecule has 170 valence electrons. The number of benzene rings is 2. The molecule has 0 saturated heterocycles. The van der Waals surface area contributed by atoms with Crippen molar-refractivity contribution in [1.82, 2.24) is 9.47 Å². The van der Waals surface area contributed by atoms with Gasteiger partial charge < -0.3 is 9.67 Å². The molecule has 3 aliphatic carbocycles. The fraction of sp³-hybridized carbons (Fsp3) is 0.370. The Hall–Kier alpha value is -2.99. The van der Waals surface area contributed by atoms with Gasteiger partial charge in [-0.15, -0.1) is 0 Å². The van der Waals surface area contributed by atoms with Gasteiger partial charge in [-0.2, -0.15) is 0 Å². The lowest BCUT2D eigenvalue weighted by molar-refractivity contribution is -0.175. The molecule has 0 amide bonds. The minimum Gasteiger partial charge on any atom is -0.478 e. The maximum atomic E-state index is 15.7. The molecule has 6 heteroatoms. The lowest BCUT2D eigenvalue weighted by atomic mass is 9.48. The average Bonchev–Trinajstić information content (AvgIpc) is 2.98. The summed E-state index contributed by atoms with van der Waals surface area (Å²) in [5.74, 6) is -1.68. The molecule has 1 aliphatic heterocycles. The van der Waals surface area contributed by atoms with E-state index in [1.54, 1.807) is 0 Å². The number of fused-ring (bicyclic) bond motifs is 3. The van der Waals surface area contributed by atoms with Gasteiger partial charge in [0.05, 0.1) is 6.04 Å². The number of rotatable bonds is 4. The van der Waals surface area contributed by atoms with Gasteiger partial charge in [0, 0.05) is 46.9 Å². The number of aryl methyl sites for hydroxylation is 1. The summed E-state index contributed by atoms with van der Waals surface area (Å²) in [4.78, 5) is 13.3. The molecule has 3 saturated carbocycles. The SMILES string of the molecule is CC1Cc2c(n(C)c3ccccc23)C(c2c(F)cc(/C=C/C(=O)O)cc2F)N1C12CC(C1)C2. The van der Waals surface area contributed by atoms with Crippen molar-refractivity contribution in [3.63, 3.8) is 0 Å². The lowest BCUT2D eigenvalue weighted by Crippen LogP contribution is -2.71. The van der Waals surface area contributed by atoms with E-state index in [1.807, 2.05) is 19.2 Å². The molecule has 4 aliphatic rings. The van der Waals surface area contributed by atoms with E-state index in [1.165, 1.54) is 23.8 Å². The first-order valence-corrected chi connectivity index (χ1v) is 11.5. The van der Waals surface area contributed by atoms with Crippen molar-refractivity contribution in [1.29, 1.82) is 0 Å². The summed E-state index contributed by atoms with van der Waals surface area (Å²) < 4.78 is 33.4. The van der Waals surface area contributed by atoms with Crippen molar-refractivity contribution in [3.8, 4) is 0 Å². The molecule has 2 atom stereocenters. The van der Waals surface area contributed by atoms with E-state index >= 15 is 8.78 Å². The summed E-state index contributed by atoms with van der Waals surface area (Å²) >= 11 is 0. The molecular weight excluding hydrogens is 422 g/mol.